The molecule has 0 aromatic heterocycles. The number of aryl methyl sites for hydroxylation is 1. The minimum absolute atomic E-state index is 0.0187. The summed E-state index contributed by atoms with van der Waals surface area (Å²) in [6.07, 6.45) is 0.936. The van der Waals surface area contributed by atoms with Gasteiger partial charge in [0.2, 0.25) is 5.91 Å². The van der Waals surface area contributed by atoms with Crippen molar-refractivity contribution in [1.29, 1.82) is 0 Å². The first-order valence-electron chi connectivity index (χ1n) is 7.28. The minimum Gasteiger partial charge on any atom is -0.494 e. The predicted molar refractivity (Wildman–Crippen MR) is 80.4 cm³/mol. The monoisotopic (exact) mass is 293 g/mol. The van der Waals surface area contributed by atoms with Crippen molar-refractivity contribution < 1.29 is 19.4 Å². The van der Waals surface area contributed by atoms with Crippen LogP contribution in [0.2, 0.25) is 0 Å². The van der Waals surface area contributed by atoms with Gasteiger partial charge < -0.3 is 14.7 Å². The van der Waals surface area contributed by atoms with Gasteiger partial charge in [0.15, 0.2) is 0 Å². The zero-order valence-electron chi connectivity index (χ0n) is 12.7. The highest BCUT2D eigenvalue weighted by Gasteiger charge is 2.14. The van der Waals surface area contributed by atoms with Crippen LogP contribution in [0, 0.1) is 0 Å². The molecule has 1 aromatic carbocycles. The average Bonchev–Trinajstić information content (AvgIpc) is 2.47. The van der Waals surface area contributed by atoms with Crippen LogP contribution < -0.4 is 4.74 Å². The molecule has 0 saturated heterocycles. The van der Waals surface area contributed by atoms with Crippen LogP contribution in [0.1, 0.15) is 32.3 Å². The lowest BCUT2D eigenvalue weighted by molar-refractivity contribution is -0.138. The van der Waals surface area contributed by atoms with E-state index in [0.717, 1.165) is 11.3 Å². The van der Waals surface area contributed by atoms with Crippen molar-refractivity contribution in [3.8, 4) is 5.75 Å². The van der Waals surface area contributed by atoms with Crippen LogP contribution in [-0.2, 0) is 16.0 Å². The summed E-state index contributed by atoms with van der Waals surface area (Å²) in [4.78, 5) is 24.3. The molecule has 0 bridgehead atoms. The molecule has 1 aromatic rings. The van der Waals surface area contributed by atoms with Gasteiger partial charge in [-0.25, -0.2) is 0 Å². The molecule has 0 heterocycles. The molecule has 0 fully saturated rings. The van der Waals surface area contributed by atoms with Crippen LogP contribution in [-0.4, -0.2) is 41.6 Å². The van der Waals surface area contributed by atoms with Crippen molar-refractivity contribution in [1.82, 2.24) is 4.90 Å². The average molecular weight is 293 g/mol. The zero-order chi connectivity index (χ0) is 15.7. The van der Waals surface area contributed by atoms with Crippen molar-refractivity contribution in [3.05, 3.63) is 29.8 Å². The number of carboxylic acids is 1. The number of aliphatic carboxylic acids is 1. The lowest BCUT2D eigenvalue weighted by atomic mass is 10.1. The Labute approximate surface area is 125 Å². The number of carbonyl (C=O) groups is 2. The second-order valence-corrected chi connectivity index (χ2v) is 4.66. The summed E-state index contributed by atoms with van der Waals surface area (Å²) in [5.74, 6) is -0.102. The number of hydrogen-bond donors (Lipinski definition) is 1. The lowest BCUT2D eigenvalue weighted by Crippen LogP contribution is -2.33. The van der Waals surface area contributed by atoms with Crippen molar-refractivity contribution in [3.63, 3.8) is 0 Å². The van der Waals surface area contributed by atoms with Gasteiger partial charge >= 0.3 is 5.97 Å². The summed E-state index contributed by atoms with van der Waals surface area (Å²) in [6.45, 7) is 5.15. The van der Waals surface area contributed by atoms with E-state index in [-0.39, 0.29) is 18.9 Å². The number of benzene rings is 1. The summed E-state index contributed by atoms with van der Waals surface area (Å²) in [5, 5.41) is 8.69. The molecule has 1 amide bonds. The molecule has 5 nitrogen and oxygen atoms in total. The molecule has 0 atom stereocenters. The second kappa shape index (κ2) is 9.00. The van der Waals surface area contributed by atoms with Crippen molar-refractivity contribution in [2.24, 2.45) is 0 Å². The number of nitrogens with zero attached hydrogens (tertiary/aromatic N) is 1. The van der Waals surface area contributed by atoms with Gasteiger partial charge in [0.1, 0.15) is 5.75 Å². The van der Waals surface area contributed by atoms with Crippen LogP contribution in [0.5, 0.6) is 5.75 Å². The molecule has 0 saturated carbocycles. The summed E-state index contributed by atoms with van der Waals surface area (Å²) in [7, 11) is 0. The van der Waals surface area contributed by atoms with E-state index in [4.69, 9.17) is 9.84 Å². The Morgan fingerprint density at radius 1 is 1.19 bits per heavy atom. The minimum atomic E-state index is -0.886. The Kier molecular flexibility index (Phi) is 7.29. The summed E-state index contributed by atoms with van der Waals surface area (Å²) < 4.78 is 5.53. The molecule has 0 aliphatic rings. The molecule has 0 aliphatic heterocycles. The van der Waals surface area contributed by atoms with E-state index in [0.29, 0.717) is 26.0 Å². The molecule has 5 heteroatoms. The van der Waals surface area contributed by atoms with Crippen molar-refractivity contribution in [2.75, 3.05) is 19.7 Å². The van der Waals surface area contributed by atoms with Crippen LogP contribution in [0.15, 0.2) is 24.3 Å². The van der Waals surface area contributed by atoms with Gasteiger partial charge in [-0.1, -0.05) is 18.2 Å². The third kappa shape index (κ3) is 5.85. The molecule has 0 spiro atoms. The van der Waals surface area contributed by atoms with E-state index in [9.17, 15) is 9.59 Å². The number of carboxylic acid groups (broad SMARTS) is 1. The lowest BCUT2D eigenvalue weighted by Gasteiger charge is -2.20. The van der Waals surface area contributed by atoms with Crippen LogP contribution >= 0.6 is 0 Å². The first kappa shape index (κ1) is 17.0. The van der Waals surface area contributed by atoms with E-state index in [1.807, 2.05) is 38.1 Å². The Morgan fingerprint density at radius 2 is 1.90 bits per heavy atom. The van der Waals surface area contributed by atoms with E-state index in [1.54, 1.807) is 4.90 Å². The Morgan fingerprint density at radius 3 is 2.52 bits per heavy atom. The smallest absolute Gasteiger partial charge is 0.305 e. The highest BCUT2D eigenvalue weighted by Crippen LogP contribution is 2.19. The highest BCUT2D eigenvalue weighted by atomic mass is 16.5. The fourth-order valence-corrected chi connectivity index (χ4v) is 2.10. The van der Waals surface area contributed by atoms with Crippen molar-refractivity contribution >= 4 is 11.9 Å². The van der Waals surface area contributed by atoms with Gasteiger partial charge in [-0.3, -0.25) is 9.59 Å². The van der Waals surface area contributed by atoms with Crippen LogP contribution in [0.25, 0.3) is 0 Å². The maximum absolute atomic E-state index is 12.1. The van der Waals surface area contributed by atoms with E-state index >= 15 is 0 Å². The molecular weight excluding hydrogens is 270 g/mol. The molecule has 21 heavy (non-hydrogen) atoms. The Hall–Kier alpha value is -2.04. The number of carbonyl (C=O) groups excluding carboxylic acids is 1. The molecular formula is C16H23NO4. The summed E-state index contributed by atoms with van der Waals surface area (Å²) in [5.41, 5.74) is 1.00. The third-order valence-electron chi connectivity index (χ3n) is 3.21. The summed E-state index contributed by atoms with van der Waals surface area (Å²) in [6, 6.07) is 7.67. The maximum atomic E-state index is 12.1. The van der Waals surface area contributed by atoms with Crippen LogP contribution in [0.4, 0.5) is 0 Å². The topological polar surface area (TPSA) is 66.8 Å². The first-order valence-corrected chi connectivity index (χ1v) is 7.28. The van der Waals surface area contributed by atoms with Gasteiger partial charge in [0.05, 0.1) is 13.0 Å². The third-order valence-corrected chi connectivity index (χ3v) is 3.21. The summed E-state index contributed by atoms with van der Waals surface area (Å²) >= 11 is 0. The fourth-order valence-electron chi connectivity index (χ4n) is 2.10. The van der Waals surface area contributed by atoms with Gasteiger partial charge in [-0.2, -0.15) is 0 Å². The van der Waals surface area contributed by atoms with E-state index in [1.165, 1.54) is 0 Å². The number of amides is 1. The highest BCUT2D eigenvalue weighted by molar-refractivity contribution is 5.77. The number of hydrogen-bond acceptors (Lipinski definition) is 3. The van der Waals surface area contributed by atoms with Gasteiger partial charge in [0.25, 0.3) is 0 Å². The van der Waals surface area contributed by atoms with Gasteiger partial charge in [-0.05, 0) is 31.9 Å². The quantitative estimate of drug-likeness (QED) is 0.759. The molecule has 116 valence electrons. The SMILES string of the molecule is CCOc1ccccc1CCC(=O)N(CC)CCC(=O)O. The van der Waals surface area contributed by atoms with Gasteiger partial charge in [0, 0.05) is 19.5 Å². The zero-order valence-corrected chi connectivity index (χ0v) is 12.7. The van der Waals surface area contributed by atoms with Gasteiger partial charge in [-0.15, -0.1) is 0 Å². The number of ether oxygens (including phenoxy) is 1. The maximum Gasteiger partial charge on any atom is 0.305 e. The molecule has 1 N–H and O–H groups in total. The Bertz CT molecular complexity index is 473. The predicted octanol–water partition coefficient (Wildman–Crippen LogP) is 2.34. The normalized spacial score (nSPS) is 10.2. The molecule has 0 aliphatic carbocycles. The fraction of sp³-hybridized carbons (Fsp3) is 0.500. The Balaban J connectivity index is 2.56. The number of para-hydroxylation sites is 1. The molecule has 1 rings (SSSR count). The van der Waals surface area contributed by atoms with E-state index in [2.05, 4.69) is 0 Å². The van der Waals surface area contributed by atoms with Crippen LogP contribution in [0.3, 0.4) is 0 Å². The molecule has 0 radical (unpaired) electrons. The number of rotatable bonds is 9. The molecule has 0 unspecified atom stereocenters. The van der Waals surface area contributed by atoms with E-state index < -0.39 is 5.97 Å². The largest absolute Gasteiger partial charge is 0.494 e. The second-order valence-electron chi connectivity index (χ2n) is 4.66. The first-order chi connectivity index (χ1) is 10.1. The standard InChI is InChI=1S/C16H23NO4/c1-3-17(12-11-16(19)20)15(18)10-9-13-7-5-6-8-14(13)21-4-2/h5-8H,3-4,9-12H2,1-2H3,(H,19,20). The van der Waals surface area contributed by atoms with Crippen molar-refractivity contribution in [2.45, 2.75) is 33.1 Å².